The number of rotatable bonds is 9. The molecule has 0 aliphatic carbocycles. The van der Waals surface area contributed by atoms with Crippen molar-refractivity contribution in [1.82, 2.24) is 10.2 Å². The van der Waals surface area contributed by atoms with E-state index in [2.05, 4.69) is 12.2 Å². The monoisotopic (exact) mass is 440 g/mol. The van der Waals surface area contributed by atoms with E-state index in [0.29, 0.717) is 30.2 Å². The lowest BCUT2D eigenvalue weighted by Crippen LogP contribution is -2.46. The van der Waals surface area contributed by atoms with Crippen LogP contribution in [0.1, 0.15) is 31.0 Å². The smallest absolute Gasteiger partial charge is 0.338 e. The summed E-state index contributed by atoms with van der Waals surface area (Å²) in [4.78, 5) is 26.7. The molecule has 0 fully saturated rings. The summed E-state index contributed by atoms with van der Waals surface area (Å²) in [5.41, 5.74) is 2.91. The summed E-state index contributed by atoms with van der Waals surface area (Å²) in [5.74, 6) is 2.03. The van der Waals surface area contributed by atoms with Gasteiger partial charge >= 0.3 is 12.0 Å². The van der Waals surface area contributed by atoms with Gasteiger partial charge in [-0.05, 0) is 35.9 Å². The topological polar surface area (TPSA) is 67.9 Å². The number of ether oxygens (including phenoxy) is 2. The zero-order chi connectivity index (χ0) is 22.2. The first-order chi connectivity index (χ1) is 15.0. The highest BCUT2D eigenvalue weighted by atomic mass is 32.2. The molecule has 0 radical (unpaired) electrons. The summed E-state index contributed by atoms with van der Waals surface area (Å²) < 4.78 is 11.3. The number of nitrogens with one attached hydrogen (secondary N) is 1. The van der Waals surface area contributed by atoms with Crippen LogP contribution in [-0.2, 0) is 16.1 Å². The van der Waals surface area contributed by atoms with Gasteiger partial charge in [0, 0.05) is 18.5 Å². The van der Waals surface area contributed by atoms with Crippen molar-refractivity contribution in [2.45, 2.75) is 26.5 Å². The second-order valence-electron chi connectivity index (χ2n) is 7.12. The maximum atomic E-state index is 12.8. The first kappa shape index (κ1) is 22.7. The van der Waals surface area contributed by atoms with Crippen molar-refractivity contribution in [3.05, 3.63) is 77.0 Å². The number of allylic oxidation sites excluding steroid dienone is 1. The average molecular weight is 441 g/mol. The molecule has 1 heterocycles. The number of thioether (sulfide) groups is 1. The van der Waals surface area contributed by atoms with E-state index in [0.717, 1.165) is 22.6 Å². The summed E-state index contributed by atoms with van der Waals surface area (Å²) in [6.45, 7) is 4.64. The van der Waals surface area contributed by atoms with Gasteiger partial charge in [-0.2, -0.15) is 11.8 Å². The number of esters is 1. The second-order valence-corrected chi connectivity index (χ2v) is 8.51. The summed E-state index contributed by atoms with van der Waals surface area (Å²) >= 11 is 1.71. The number of urea groups is 1. The Hall–Kier alpha value is -2.93. The van der Waals surface area contributed by atoms with Crippen LogP contribution < -0.4 is 10.1 Å². The van der Waals surface area contributed by atoms with Crippen molar-refractivity contribution in [3.63, 3.8) is 0 Å². The van der Waals surface area contributed by atoms with Gasteiger partial charge in [0.2, 0.25) is 0 Å². The van der Waals surface area contributed by atoms with Gasteiger partial charge in [-0.1, -0.05) is 49.4 Å². The minimum absolute atomic E-state index is 0.259. The molecule has 0 unspecified atom stereocenters. The maximum Gasteiger partial charge on any atom is 0.338 e. The van der Waals surface area contributed by atoms with Gasteiger partial charge < -0.3 is 19.7 Å². The lowest BCUT2D eigenvalue weighted by atomic mass is 9.95. The van der Waals surface area contributed by atoms with Gasteiger partial charge in [0.05, 0.1) is 11.6 Å². The van der Waals surface area contributed by atoms with Gasteiger partial charge in [-0.25, -0.2) is 9.59 Å². The highest BCUT2D eigenvalue weighted by Gasteiger charge is 2.35. The van der Waals surface area contributed by atoms with Crippen LogP contribution in [0.25, 0.3) is 0 Å². The Labute approximate surface area is 187 Å². The third-order valence-corrected chi connectivity index (χ3v) is 5.96. The zero-order valence-corrected chi connectivity index (χ0v) is 18.9. The van der Waals surface area contributed by atoms with E-state index < -0.39 is 12.0 Å². The fourth-order valence-corrected chi connectivity index (χ4v) is 3.75. The maximum absolute atomic E-state index is 12.8. The Morgan fingerprint density at radius 3 is 2.52 bits per heavy atom. The molecule has 1 aliphatic heterocycles. The largest absolute Gasteiger partial charge is 0.489 e. The molecule has 6 nitrogen and oxygen atoms in total. The number of carbonyl (C=O) groups is 2. The molecule has 0 saturated carbocycles. The molecular weight excluding hydrogens is 412 g/mol. The van der Waals surface area contributed by atoms with E-state index in [1.54, 1.807) is 25.7 Å². The van der Waals surface area contributed by atoms with Crippen LogP contribution >= 0.6 is 11.8 Å². The molecule has 1 N–H and O–H groups in total. The summed E-state index contributed by atoms with van der Waals surface area (Å²) in [7, 11) is 1.64. The predicted molar refractivity (Wildman–Crippen MR) is 123 cm³/mol. The van der Waals surface area contributed by atoms with Crippen molar-refractivity contribution in [2.75, 3.05) is 25.2 Å². The van der Waals surface area contributed by atoms with Gasteiger partial charge in [-0.3, -0.25) is 0 Å². The van der Waals surface area contributed by atoms with Gasteiger partial charge in [-0.15, -0.1) is 0 Å². The predicted octanol–water partition coefficient (Wildman–Crippen LogP) is 4.53. The first-order valence-electron chi connectivity index (χ1n) is 10.3. The number of hydrogen-bond donors (Lipinski definition) is 1. The lowest BCUT2D eigenvalue weighted by Gasteiger charge is -2.33. The SMILES string of the molecule is CCSCCOC(=O)C1=C(C)N(C)C(=O)N[C@H]1c1ccc(OCc2ccccc2)cc1. The van der Waals surface area contributed by atoms with Gasteiger partial charge in [0.25, 0.3) is 0 Å². The lowest BCUT2D eigenvalue weighted by molar-refractivity contribution is -0.139. The standard InChI is InChI=1S/C24H28N2O4S/c1-4-31-15-14-29-23(27)21-17(2)26(3)24(28)25-22(21)19-10-12-20(13-11-19)30-16-18-8-6-5-7-9-18/h5-13,22H,4,14-16H2,1-3H3,(H,25,28)/t22-/m0/s1. The van der Waals surface area contributed by atoms with Gasteiger partial charge in [0.1, 0.15) is 19.0 Å². The molecule has 164 valence electrons. The van der Waals surface area contributed by atoms with Crippen LogP contribution in [0.2, 0.25) is 0 Å². The Balaban J connectivity index is 1.74. The van der Waals surface area contributed by atoms with E-state index in [1.165, 1.54) is 4.90 Å². The molecule has 1 atom stereocenters. The van der Waals surface area contributed by atoms with Crippen molar-refractivity contribution < 1.29 is 19.1 Å². The number of carbonyl (C=O) groups excluding carboxylic acids is 2. The Kier molecular flexibility index (Phi) is 8.00. The first-order valence-corrected chi connectivity index (χ1v) is 11.4. The van der Waals surface area contributed by atoms with E-state index in [-0.39, 0.29) is 6.03 Å². The van der Waals surface area contributed by atoms with Crippen LogP contribution in [0.3, 0.4) is 0 Å². The fourth-order valence-electron chi connectivity index (χ4n) is 3.26. The normalized spacial score (nSPS) is 16.2. The number of benzene rings is 2. The van der Waals surface area contributed by atoms with E-state index in [4.69, 9.17) is 9.47 Å². The minimum Gasteiger partial charge on any atom is -0.489 e. The Bertz CT molecular complexity index is 928. The van der Waals surface area contributed by atoms with E-state index >= 15 is 0 Å². The van der Waals surface area contributed by atoms with Gasteiger partial charge in [0.15, 0.2) is 0 Å². The molecule has 3 rings (SSSR count). The average Bonchev–Trinajstić information content (AvgIpc) is 2.79. The van der Waals surface area contributed by atoms with Crippen molar-refractivity contribution >= 4 is 23.8 Å². The number of amides is 2. The van der Waals surface area contributed by atoms with E-state index in [9.17, 15) is 9.59 Å². The third-order valence-electron chi connectivity index (χ3n) is 5.10. The molecule has 2 aromatic carbocycles. The van der Waals surface area contributed by atoms with Crippen LogP contribution in [0.4, 0.5) is 4.79 Å². The second kappa shape index (κ2) is 10.9. The summed E-state index contributed by atoms with van der Waals surface area (Å²) in [6, 6.07) is 16.5. The van der Waals surface area contributed by atoms with Crippen molar-refractivity contribution in [3.8, 4) is 5.75 Å². The van der Waals surface area contributed by atoms with E-state index in [1.807, 2.05) is 54.6 Å². The van der Waals surface area contributed by atoms with Crippen LogP contribution in [0, 0.1) is 0 Å². The summed E-state index contributed by atoms with van der Waals surface area (Å²) in [5, 5.41) is 2.90. The Morgan fingerprint density at radius 2 is 1.84 bits per heavy atom. The fraction of sp³-hybridized carbons (Fsp3) is 0.333. The highest BCUT2D eigenvalue weighted by molar-refractivity contribution is 7.99. The highest BCUT2D eigenvalue weighted by Crippen LogP contribution is 2.31. The molecule has 2 amide bonds. The number of nitrogens with zero attached hydrogens (tertiary/aromatic N) is 1. The summed E-state index contributed by atoms with van der Waals surface area (Å²) in [6.07, 6.45) is 0. The minimum atomic E-state index is -0.571. The molecule has 0 spiro atoms. The Morgan fingerprint density at radius 1 is 1.13 bits per heavy atom. The quantitative estimate of drug-likeness (QED) is 0.458. The number of hydrogen-bond acceptors (Lipinski definition) is 5. The van der Waals surface area contributed by atoms with Crippen LogP contribution in [0.5, 0.6) is 5.75 Å². The molecule has 7 heteroatoms. The molecular formula is C24H28N2O4S. The molecule has 1 aliphatic rings. The third kappa shape index (κ3) is 5.82. The van der Waals surface area contributed by atoms with Crippen molar-refractivity contribution in [2.24, 2.45) is 0 Å². The van der Waals surface area contributed by atoms with Crippen LogP contribution in [0.15, 0.2) is 65.9 Å². The molecule has 0 aromatic heterocycles. The van der Waals surface area contributed by atoms with Crippen LogP contribution in [-0.4, -0.2) is 42.1 Å². The molecule has 31 heavy (non-hydrogen) atoms. The molecule has 0 saturated heterocycles. The van der Waals surface area contributed by atoms with Crippen molar-refractivity contribution in [1.29, 1.82) is 0 Å². The zero-order valence-electron chi connectivity index (χ0n) is 18.1. The molecule has 2 aromatic rings. The molecule has 0 bridgehead atoms.